The quantitative estimate of drug-likeness (QED) is 0.532. The molecular formula is C26H25NO2. The summed E-state index contributed by atoms with van der Waals surface area (Å²) in [6.45, 7) is 6.22. The summed E-state index contributed by atoms with van der Waals surface area (Å²) in [5.41, 5.74) is 9.70. The standard InChI is InChI=1S/C26H25NO2/c1-15-8-10-18(11-9-15)25-19-6-4-5-7-22(19)29-23(25)14-20-24-17(3)12-16(2)13-21(24)27-26(20)28/h8-14H,4-7H2,1-3H3,(H,27,28). The molecular weight excluding hydrogens is 358 g/mol. The third kappa shape index (κ3) is 3.02. The number of carbonyl (C=O) groups excluding carboxylic acids is 1. The topological polar surface area (TPSA) is 42.2 Å². The summed E-state index contributed by atoms with van der Waals surface area (Å²) >= 11 is 0. The molecule has 0 spiro atoms. The molecule has 5 rings (SSSR count). The number of anilines is 1. The summed E-state index contributed by atoms with van der Waals surface area (Å²) in [5.74, 6) is 1.83. The average Bonchev–Trinajstić information content (AvgIpc) is 3.20. The highest BCUT2D eigenvalue weighted by Gasteiger charge is 2.29. The van der Waals surface area contributed by atoms with Crippen LogP contribution in [-0.2, 0) is 17.6 Å². The van der Waals surface area contributed by atoms with Crippen molar-refractivity contribution in [3.63, 3.8) is 0 Å². The van der Waals surface area contributed by atoms with E-state index >= 15 is 0 Å². The molecule has 146 valence electrons. The van der Waals surface area contributed by atoms with Gasteiger partial charge in [0, 0.05) is 28.8 Å². The minimum absolute atomic E-state index is 0.0575. The fraction of sp³-hybridized carbons (Fsp3) is 0.269. The van der Waals surface area contributed by atoms with Crippen molar-refractivity contribution in [1.82, 2.24) is 0 Å². The van der Waals surface area contributed by atoms with Crippen LogP contribution in [0.1, 0.15) is 52.2 Å². The maximum atomic E-state index is 12.8. The fourth-order valence-corrected chi connectivity index (χ4v) is 4.72. The van der Waals surface area contributed by atoms with E-state index < -0.39 is 0 Å². The minimum Gasteiger partial charge on any atom is -0.461 e. The van der Waals surface area contributed by atoms with Gasteiger partial charge in [0.2, 0.25) is 0 Å². The van der Waals surface area contributed by atoms with Gasteiger partial charge in [-0.25, -0.2) is 0 Å². The highest BCUT2D eigenvalue weighted by Crippen LogP contribution is 2.41. The van der Waals surface area contributed by atoms with Crippen LogP contribution in [0, 0.1) is 20.8 Å². The van der Waals surface area contributed by atoms with Gasteiger partial charge in [-0.1, -0.05) is 35.9 Å². The molecule has 1 amide bonds. The molecule has 1 aliphatic carbocycles. The molecule has 2 aliphatic rings. The molecule has 0 saturated carbocycles. The Balaban J connectivity index is 1.71. The van der Waals surface area contributed by atoms with Crippen LogP contribution in [0.25, 0.3) is 22.8 Å². The van der Waals surface area contributed by atoms with Crippen LogP contribution in [0.15, 0.2) is 40.8 Å². The van der Waals surface area contributed by atoms with E-state index in [0.29, 0.717) is 5.57 Å². The van der Waals surface area contributed by atoms with Crippen LogP contribution in [0.5, 0.6) is 0 Å². The molecule has 3 nitrogen and oxygen atoms in total. The van der Waals surface area contributed by atoms with Gasteiger partial charge in [0.25, 0.3) is 5.91 Å². The van der Waals surface area contributed by atoms with Gasteiger partial charge in [-0.15, -0.1) is 0 Å². The fourth-order valence-electron chi connectivity index (χ4n) is 4.72. The molecule has 0 fully saturated rings. The lowest BCUT2D eigenvalue weighted by molar-refractivity contribution is -0.110. The van der Waals surface area contributed by atoms with Gasteiger partial charge in [-0.3, -0.25) is 4.79 Å². The van der Waals surface area contributed by atoms with Crippen molar-refractivity contribution in [3.8, 4) is 11.1 Å². The molecule has 0 atom stereocenters. The number of rotatable bonds is 2. The van der Waals surface area contributed by atoms with E-state index in [1.165, 1.54) is 17.5 Å². The van der Waals surface area contributed by atoms with E-state index in [0.717, 1.165) is 64.3 Å². The number of amides is 1. The lowest BCUT2D eigenvalue weighted by atomic mass is 9.90. The molecule has 3 aromatic rings. The average molecular weight is 383 g/mol. The Morgan fingerprint density at radius 3 is 2.48 bits per heavy atom. The van der Waals surface area contributed by atoms with Crippen LogP contribution in [0.4, 0.5) is 5.69 Å². The predicted molar refractivity (Wildman–Crippen MR) is 118 cm³/mol. The van der Waals surface area contributed by atoms with E-state index in [9.17, 15) is 4.79 Å². The molecule has 1 aliphatic heterocycles. The Morgan fingerprint density at radius 2 is 1.69 bits per heavy atom. The Bertz CT molecular complexity index is 1160. The summed E-state index contributed by atoms with van der Waals surface area (Å²) in [7, 11) is 0. The molecule has 3 heteroatoms. The summed E-state index contributed by atoms with van der Waals surface area (Å²) in [4.78, 5) is 12.8. The monoisotopic (exact) mass is 383 g/mol. The molecule has 1 N–H and O–H groups in total. The molecule has 2 aromatic carbocycles. The summed E-state index contributed by atoms with van der Waals surface area (Å²) in [5, 5.41) is 3.03. The molecule has 0 radical (unpaired) electrons. The Labute approximate surface area is 171 Å². The molecule has 29 heavy (non-hydrogen) atoms. The molecule has 2 heterocycles. The second kappa shape index (κ2) is 6.77. The van der Waals surface area contributed by atoms with Crippen molar-refractivity contribution in [3.05, 3.63) is 75.7 Å². The van der Waals surface area contributed by atoms with Gasteiger partial charge >= 0.3 is 0 Å². The van der Waals surface area contributed by atoms with Gasteiger partial charge in [0.15, 0.2) is 0 Å². The Hall–Kier alpha value is -3.07. The first-order valence-corrected chi connectivity index (χ1v) is 10.4. The first-order chi connectivity index (χ1) is 14.0. The second-order valence-electron chi connectivity index (χ2n) is 8.33. The van der Waals surface area contributed by atoms with Crippen LogP contribution in [0.3, 0.4) is 0 Å². The van der Waals surface area contributed by atoms with E-state index in [1.807, 2.05) is 12.1 Å². The number of carbonyl (C=O) groups is 1. The van der Waals surface area contributed by atoms with Gasteiger partial charge in [-0.2, -0.15) is 0 Å². The number of hydrogen-bond acceptors (Lipinski definition) is 2. The zero-order valence-corrected chi connectivity index (χ0v) is 17.2. The normalized spacial score (nSPS) is 16.7. The van der Waals surface area contributed by atoms with Crippen molar-refractivity contribution >= 4 is 23.2 Å². The maximum absolute atomic E-state index is 12.8. The zero-order chi connectivity index (χ0) is 20.1. The van der Waals surface area contributed by atoms with Crippen LogP contribution >= 0.6 is 0 Å². The SMILES string of the molecule is Cc1ccc(-c2c(C=C3C(=O)Nc4cc(C)cc(C)c43)oc3c2CCCC3)cc1. The molecule has 0 bridgehead atoms. The second-order valence-corrected chi connectivity index (χ2v) is 8.33. The van der Waals surface area contributed by atoms with Gasteiger partial charge in [0.05, 0.1) is 5.57 Å². The number of aryl methyl sites for hydroxylation is 4. The predicted octanol–water partition coefficient (Wildman–Crippen LogP) is 6.24. The lowest BCUT2D eigenvalue weighted by Gasteiger charge is -2.11. The highest BCUT2D eigenvalue weighted by atomic mass is 16.3. The largest absolute Gasteiger partial charge is 0.461 e. The Morgan fingerprint density at radius 1 is 0.931 bits per heavy atom. The number of nitrogens with one attached hydrogen (secondary N) is 1. The van der Waals surface area contributed by atoms with E-state index in [-0.39, 0.29) is 5.91 Å². The smallest absolute Gasteiger partial charge is 0.256 e. The Kier molecular flexibility index (Phi) is 4.20. The van der Waals surface area contributed by atoms with Crippen molar-refractivity contribution in [2.24, 2.45) is 0 Å². The molecule has 1 aromatic heterocycles. The zero-order valence-electron chi connectivity index (χ0n) is 17.2. The highest BCUT2D eigenvalue weighted by molar-refractivity contribution is 6.35. The van der Waals surface area contributed by atoms with Crippen molar-refractivity contribution in [2.75, 3.05) is 5.32 Å². The van der Waals surface area contributed by atoms with E-state index in [2.05, 4.69) is 56.4 Å². The van der Waals surface area contributed by atoms with Crippen LogP contribution < -0.4 is 5.32 Å². The van der Waals surface area contributed by atoms with Crippen molar-refractivity contribution < 1.29 is 9.21 Å². The summed E-state index contributed by atoms with van der Waals surface area (Å²) < 4.78 is 6.35. The third-order valence-electron chi connectivity index (χ3n) is 6.06. The first-order valence-electron chi connectivity index (χ1n) is 10.4. The molecule has 0 unspecified atom stereocenters. The van der Waals surface area contributed by atoms with E-state index in [1.54, 1.807) is 0 Å². The van der Waals surface area contributed by atoms with Crippen molar-refractivity contribution in [1.29, 1.82) is 0 Å². The van der Waals surface area contributed by atoms with Crippen LogP contribution in [0.2, 0.25) is 0 Å². The van der Waals surface area contributed by atoms with Gasteiger partial charge in [0.1, 0.15) is 11.5 Å². The van der Waals surface area contributed by atoms with Crippen molar-refractivity contribution in [2.45, 2.75) is 46.5 Å². The number of fused-ring (bicyclic) bond motifs is 2. The van der Waals surface area contributed by atoms with Gasteiger partial charge in [-0.05, 0) is 68.9 Å². The minimum atomic E-state index is -0.0575. The number of hydrogen-bond donors (Lipinski definition) is 1. The third-order valence-corrected chi connectivity index (χ3v) is 6.06. The van der Waals surface area contributed by atoms with Gasteiger partial charge < -0.3 is 9.73 Å². The van der Waals surface area contributed by atoms with Crippen LogP contribution in [-0.4, -0.2) is 5.91 Å². The summed E-state index contributed by atoms with van der Waals surface area (Å²) in [6, 6.07) is 12.8. The first kappa shape index (κ1) is 18.0. The molecule has 0 saturated heterocycles. The summed E-state index contributed by atoms with van der Waals surface area (Å²) in [6.07, 6.45) is 6.30. The maximum Gasteiger partial charge on any atom is 0.256 e. The lowest BCUT2D eigenvalue weighted by Crippen LogP contribution is -2.03. The number of benzene rings is 2. The van der Waals surface area contributed by atoms with E-state index in [4.69, 9.17) is 4.42 Å². The number of furan rings is 1.